The van der Waals surface area contributed by atoms with Crippen molar-refractivity contribution in [2.75, 3.05) is 21.3 Å². The van der Waals surface area contributed by atoms with Gasteiger partial charge in [0, 0.05) is 14.2 Å². The molecule has 0 N–H and O–H groups in total. The number of rotatable bonds is 4. The molecule has 96 valence electrons. The van der Waals surface area contributed by atoms with Crippen LogP contribution >= 0.6 is 0 Å². The van der Waals surface area contributed by atoms with E-state index in [1.165, 1.54) is 27.4 Å². The zero-order valence-electron chi connectivity index (χ0n) is 10.1. The van der Waals surface area contributed by atoms with Crippen LogP contribution in [0, 0.1) is 11.3 Å². The Morgan fingerprint density at radius 3 is 2.50 bits per heavy atom. The largest absolute Gasteiger partial charge is 0.759 e. The SMILES string of the molecule is COC(=O)c1cc(C#N)c([S-])nc1C(OC)OC. The summed E-state index contributed by atoms with van der Waals surface area (Å²) in [6.07, 6.45) is -0.853. The first-order valence-electron chi connectivity index (χ1n) is 4.85. The molecule has 0 amide bonds. The lowest BCUT2D eigenvalue weighted by Crippen LogP contribution is -2.15. The second-order valence-electron chi connectivity index (χ2n) is 3.18. The van der Waals surface area contributed by atoms with E-state index in [9.17, 15) is 4.79 Å². The van der Waals surface area contributed by atoms with Gasteiger partial charge in [-0.1, -0.05) is 5.03 Å². The van der Waals surface area contributed by atoms with Crippen LogP contribution in [0.5, 0.6) is 0 Å². The van der Waals surface area contributed by atoms with E-state index in [0.29, 0.717) is 0 Å². The second-order valence-corrected chi connectivity index (χ2v) is 3.57. The van der Waals surface area contributed by atoms with Gasteiger partial charge in [-0.3, -0.25) is 4.98 Å². The lowest BCUT2D eigenvalue weighted by atomic mass is 10.1. The summed E-state index contributed by atoms with van der Waals surface area (Å²) in [5, 5.41) is 8.95. The number of aromatic nitrogens is 1. The van der Waals surface area contributed by atoms with E-state index >= 15 is 0 Å². The predicted molar refractivity (Wildman–Crippen MR) is 62.7 cm³/mol. The Morgan fingerprint density at radius 1 is 1.44 bits per heavy atom. The van der Waals surface area contributed by atoms with Crippen molar-refractivity contribution in [1.29, 1.82) is 5.26 Å². The van der Waals surface area contributed by atoms with Crippen molar-refractivity contribution >= 4 is 18.6 Å². The molecule has 0 spiro atoms. The number of pyridine rings is 1. The number of carbonyl (C=O) groups is 1. The minimum atomic E-state index is -0.853. The summed E-state index contributed by atoms with van der Waals surface area (Å²) in [6.45, 7) is 0. The first-order chi connectivity index (χ1) is 8.58. The van der Waals surface area contributed by atoms with Crippen molar-refractivity contribution in [2.45, 2.75) is 11.3 Å². The molecular formula is C11H11N2O4S-. The van der Waals surface area contributed by atoms with Gasteiger partial charge in [0.25, 0.3) is 0 Å². The first kappa shape index (κ1) is 14.3. The van der Waals surface area contributed by atoms with E-state index in [1.807, 2.05) is 6.07 Å². The van der Waals surface area contributed by atoms with E-state index < -0.39 is 12.3 Å². The molecule has 0 aliphatic heterocycles. The van der Waals surface area contributed by atoms with E-state index in [2.05, 4.69) is 9.72 Å². The maximum atomic E-state index is 11.6. The molecule has 0 fully saturated rings. The number of nitrogens with zero attached hydrogens (tertiary/aromatic N) is 2. The average Bonchev–Trinajstić information content (AvgIpc) is 2.39. The molecule has 0 atom stereocenters. The summed E-state index contributed by atoms with van der Waals surface area (Å²) in [5.74, 6) is -0.636. The van der Waals surface area contributed by atoms with Gasteiger partial charge in [-0.2, -0.15) is 5.26 Å². The maximum Gasteiger partial charge on any atom is 0.339 e. The summed E-state index contributed by atoms with van der Waals surface area (Å²) in [7, 11) is 4.03. The normalized spacial score (nSPS) is 10.2. The lowest BCUT2D eigenvalue weighted by Gasteiger charge is -2.19. The average molecular weight is 267 g/mol. The number of methoxy groups -OCH3 is 3. The van der Waals surface area contributed by atoms with Gasteiger partial charge < -0.3 is 26.8 Å². The van der Waals surface area contributed by atoms with Gasteiger partial charge in [0.1, 0.15) is 5.69 Å². The highest BCUT2D eigenvalue weighted by Gasteiger charge is 2.22. The Labute approximate surface area is 110 Å². The third-order valence-corrected chi connectivity index (χ3v) is 2.51. The van der Waals surface area contributed by atoms with Crippen LogP contribution in [0.15, 0.2) is 11.1 Å². The number of carbonyl (C=O) groups excluding carboxylic acids is 1. The number of ether oxygens (including phenoxy) is 3. The predicted octanol–water partition coefficient (Wildman–Crippen LogP) is 0.937. The molecule has 0 aliphatic carbocycles. The molecule has 0 saturated carbocycles. The van der Waals surface area contributed by atoms with Crippen molar-refractivity contribution < 1.29 is 19.0 Å². The highest BCUT2D eigenvalue weighted by atomic mass is 32.1. The van der Waals surface area contributed by atoms with Crippen molar-refractivity contribution in [3.8, 4) is 6.07 Å². The maximum absolute atomic E-state index is 11.6. The van der Waals surface area contributed by atoms with Gasteiger partial charge in [0.2, 0.25) is 6.29 Å². The molecule has 1 aromatic rings. The van der Waals surface area contributed by atoms with Gasteiger partial charge >= 0.3 is 5.97 Å². The standard InChI is InChI=1S/C11H12N2O4S/c1-15-10(14)7-4-6(5-12)9(18)13-8(7)11(16-2)17-3/h4,11H,1-3H3,(H,13,18)/p-1. The van der Waals surface area contributed by atoms with Gasteiger partial charge in [-0.25, -0.2) is 4.79 Å². The molecule has 18 heavy (non-hydrogen) atoms. The van der Waals surface area contributed by atoms with E-state index in [4.69, 9.17) is 27.4 Å². The van der Waals surface area contributed by atoms with Crippen LogP contribution in [0.3, 0.4) is 0 Å². The van der Waals surface area contributed by atoms with Gasteiger partial charge in [0.15, 0.2) is 0 Å². The smallest absolute Gasteiger partial charge is 0.339 e. The molecule has 1 rings (SSSR count). The van der Waals surface area contributed by atoms with Crippen LogP contribution in [-0.4, -0.2) is 32.3 Å². The topological polar surface area (TPSA) is 81.4 Å². The summed E-state index contributed by atoms with van der Waals surface area (Å²) >= 11 is 4.94. The van der Waals surface area contributed by atoms with Crippen molar-refractivity contribution in [2.24, 2.45) is 0 Å². The highest BCUT2D eigenvalue weighted by molar-refractivity contribution is 7.58. The Balaban J connectivity index is 3.44. The Bertz CT molecular complexity index is 495. The number of hydrogen-bond donors (Lipinski definition) is 0. The first-order valence-corrected chi connectivity index (χ1v) is 5.25. The molecule has 1 heterocycles. The quantitative estimate of drug-likeness (QED) is 0.456. The lowest BCUT2D eigenvalue weighted by molar-refractivity contribution is -0.109. The molecule has 0 radical (unpaired) electrons. The zero-order valence-corrected chi connectivity index (χ0v) is 10.9. The summed E-state index contributed by atoms with van der Waals surface area (Å²) in [5.41, 5.74) is 0.410. The molecule has 0 aromatic carbocycles. The molecule has 6 nitrogen and oxygen atoms in total. The van der Waals surface area contributed by atoms with Gasteiger partial charge in [0.05, 0.1) is 24.3 Å². The fourth-order valence-corrected chi connectivity index (χ4v) is 1.57. The van der Waals surface area contributed by atoms with Crippen LogP contribution in [0.4, 0.5) is 0 Å². The minimum absolute atomic E-state index is 0.0826. The highest BCUT2D eigenvalue weighted by Crippen LogP contribution is 2.23. The van der Waals surface area contributed by atoms with Crippen molar-refractivity contribution in [3.05, 3.63) is 22.9 Å². The van der Waals surface area contributed by atoms with Crippen molar-refractivity contribution in [1.82, 2.24) is 4.98 Å². The summed E-state index contributed by atoms with van der Waals surface area (Å²) in [4.78, 5) is 15.6. The molecule has 7 heteroatoms. The molecule has 0 bridgehead atoms. The van der Waals surface area contributed by atoms with E-state index in [-0.39, 0.29) is 21.8 Å². The molecular weight excluding hydrogens is 256 g/mol. The Morgan fingerprint density at radius 2 is 2.06 bits per heavy atom. The van der Waals surface area contributed by atoms with E-state index in [0.717, 1.165) is 0 Å². The second kappa shape index (κ2) is 6.26. The summed E-state index contributed by atoms with van der Waals surface area (Å²) < 4.78 is 14.7. The van der Waals surface area contributed by atoms with Gasteiger partial charge in [-0.05, 0) is 6.07 Å². The third-order valence-electron chi connectivity index (χ3n) is 2.19. The molecule has 0 unspecified atom stereocenters. The fraction of sp³-hybridized carbons (Fsp3) is 0.364. The number of hydrogen-bond acceptors (Lipinski definition) is 7. The van der Waals surface area contributed by atoms with Crippen LogP contribution in [0.1, 0.15) is 27.9 Å². The van der Waals surface area contributed by atoms with E-state index in [1.54, 1.807) is 0 Å². The molecule has 0 aliphatic rings. The fourth-order valence-electron chi connectivity index (χ4n) is 1.36. The number of esters is 1. The minimum Gasteiger partial charge on any atom is -0.759 e. The van der Waals surface area contributed by atoms with Gasteiger partial charge in [-0.15, -0.1) is 0 Å². The van der Waals surface area contributed by atoms with Crippen LogP contribution in [0.2, 0.25) is 0 Å². The van der Waals surface area contributed by atoms with Crippen LogP contribution in [-0.2, 0) is 26.8 Å². The Kier molecular flexibility index (Phi) is 4.97. The Hall–Kier alpha value is -1.75. The molecule has 1 aromatic heterocycles. The monoisotopic (exact) mass is 267 g/mol. The third kappa shape index (κ3) is 2.73. The molecule has 0 saturated heterocycles. The van der Waals surface area contributed by atoms with Crippen LogP contribution < -0.4 is 0 Å². The zero-order chi connectivity index (χ0) is 13.7. The number of nitriles is 1. The van der Waals surface area contributed by atoms with Crippen molar-refractivity contribution in [3.63, 3.8) is 0 Å². The summed E-state index contributed by atoms with van der Waals surface area (Å²) in [6, 6.07) is 3.18. The van der Waals surface area contributed by atoms with Crippen LogP contribution in [0.25, 0.3) is 0 Å².